The van der Waals surface area contributed by atoms with E-state index in [1.807, 2.05) is 0 Å². The molecule has 0 saturated carbocycles. The van der Waals surface area contributed by atoms with Crippen molar-refractivity contribution >= 4 is 0 Å². The number of nitrogens with one attached hydrogen (secondary N) is 1. The Morgan fingerprint density at radius 3 is 2.35 bits per heavy atom. The number of aromatic nitrogens is 1. The largest absolute Gasteiger partial charge is 0.306 e. The molecule has 0 aliphatic rings. The smallest absolute Gasteiger partial charge is 0.141 e. The Bertz CT molecular complexity index is 319. The number of hydrogen-bond donors (Lipinski definition) is 1. The fourth-order valence-electron chi connectivity index (χ4n) is 1.81. The van der Waals surface area contributed by atoms with Crippen LogP contribution in [0.25, 0.3) is 0 Å². The lowest BCUT2D eigenvalue weighted by Crippen LogP contribution is -2.29. The van der Waals surface area contributed by atoms with Gasteiger partial charge in [-0.15, -0.1) is 0 Å². The Hall–Kier alpha value is -0.960. The van der Waals surface area contributed by atoms with Gasteiger partial charge in [-0.2, -0.15) is 0 Å². The van der Waals surface area contributed by atoms with E-state index in [1.54, 1.807) is 6.07 Å². The standard InChI is InChI=1S/C14H23FN2/c1-10(2)5-7-14(17-11(3)4)13-8-6-12(15)9-16-13/h6,8-11,14,17H,5,7H2,1-4H3. The maximum absolute atomic E-state index is 12.8. The minimum Gasteiger partial charge on any atom is -0.306 e. The molecular weight excluding hydrogens is 215 g/mol. The van der Waals surface area contributed by atoms with E-state index in [4.69, 9.17) is 0 Å². The number of pyridine rings is 1. The molecule has 0 fully saturated rings. The molecule has 0 radical (unpaired) electrons. The predicted octanol–water partition coefficient (Wildman–Crippen LogP) is 3.70. The molecule has 0 aliphatic heterocycles. The van der Waals surface area contributed by atoms with Crippen LogP contribution in [0.2, 0.25) is 0 Å². The summed E-state index contributed by atoms with van der Waals surface area (Å²) >= 11 is 0. The molecule has 1 aromatic heterocycles. The second-order valence-electron chi connectivity index (χ2n) is 5.25. The normalized spacial score (nSPS) is 13.4. The predicted molar refractivity (Wildman–Crippen MR) is 69.3 cm³/mol. The Balaban J connectivity index is 2.70. The van der Waals surface area contributed by atoms with Crippen LogP contribution in [0.1, 0.15) is 52.3 Å². The average Bonchev–Trinajstić information content (AvgIpc) is 2.25. The van der Waals surface area contributed by atoms with Gasteiger partial charge in [0.15, 0.2) is 0 Å². The van der Waals surface area contributed by atoms with Crippen LogP contribution in [0.4, 0.5) is 4.39 Å². The summed E-state index contributed by atoms with van der Waals surface area (Å²) in [5, 5.41) is 3.49. The number of nitrogens with zero attached hydrogens (tertiary/aromatic N) is 1. The summed E-state index contributed by atoms with van der Waals surface area (Å²) in [5.74, 6) is 0.396. The van der Waals surface area contributed by atoms with Crippen LogP contribution in [0, 0.1) is 11.7 Å². The topological polar surface area (TPSA) is 24.9 Å². The lowest BCUT2D eigenvalue weighted by atomic mass is 10.00. The van der Waals surface area contributed by atoms with E-state index in [0.29, 0.717) is 12.0 Å². The van der Waals surface area contributed by atoms with E-state index in [1.165, 1.54) is 12.3 Å². The molecule has 1 rings (SSSR count). The van der Waals surface area contributed by atoms with Crippen molar-refractivity contribution in [1.29, 1.82) is 0 Å². The van der Waals surface area contributed by atoms with E-state index >= 15 is 0 Å². The van der Waals surface area contributed by atoms with Crippen LogP contribution in [0.3, 0.4) is 0 Å². The molecule has 0 bridgehead atoms. The van der Waals surface area contributed by atoms with Crippen molar-refractivity contribution in [1.82, 2.24) is 10.3 Å². The van der Waals surface area contributed by atoms with Crippen molar-refractivity contribution < 1.29 is 4.39 Å². The average molecular weight is 238 g/mol. The summed E-state index contributed by atoms with van der Waals surface area (Å²) in [7, 11) is 0. The van der Waals surface area contributed by atoms with Crippen molar-refractivity contribution in [2.75, 3.05) is 0 Å². The van der Waals surface area contributed by atoms with Gasteiger partial charge in [0.05, 0.1) is 11.9 Å². The van der Waals surface area contributed by atoms with E-state index in [2.05, 4.69) is 38.0 Å². The van der Waals surface area contributed by atoms with E-state index in [9.17, 15) is 4.39 Å². The molecule has 1 atom stereocenters. The zero-order valence-corrected chi connectivity index (χ0v) is 11.2. The molecule has 17 heavy (non-hydrogen) atoms. The highest BCUT2D eigenvalue weighted by atomic mass is 19.1. The van der Waals surface area contributed by atoms with Gasteiger partial charge in [0.1, 0.15) is 5.82 Å². The number of halogens is 1. The second-order valence-corrected chi connectivity index (χ2v) is 5.25. The van der Waals surface area contributed by atoms with Crippen LogP contribution < -0.4 is 5.32 Å². The maximum atomic E-state index is 12.8. The third-order valence-electron chi connectivity index (χ3n) is 2.67. The van der Waals surface area contributed by atoms with Gasteiger partial charge in [0, 0.05) is 12.1 Å². The first-order chi connectivity index (χ1) is 7.99. The van der Waals surface area contributed by atoms with Gasteiger partial charge < -0.3 is 5.32 Å². The summed E-state index contributed by atoms with van der Waals surface area (Å²) < 4.78 is 12.8. The monoisotopic (exact) mass is 238 g/mol. The molecule has 0 amide bonds. The quantitative estimate of drug-likeness (QED) is 0.817. The molecule has 0 saturated heterocycles. The van der Waals surface area contributed by atoms with Gasteiger partial charge in [-0.3, -0.25) is 4.98 Å². The van der Waals surface area contributed by atoms with Gasteiger partial charge in [-0.1, -0.05) is 27.7 Å². The fraction of sp³-hybridized carbons (Fsp3) is 0.643. The molecular formula is C14H23FN2. The molecule has 0 spiro atoms. The highest BCUT2D eigenvalue weighted by Gasteiger charge is 2.14. The van der Waals surface area contributed by atoms with Crippen molar-refractivity contribution in [3.63, 3.8) is 0 Å². The van der Waals surface area contributed by atoms with Crippen LogP contribution in [-0.2, 0) is 0 Å². The summed E-state index contributed by atoms with van der Waals surface area (Å²) in [6.07, 6.45) is 3.47. The van der Waals surface area contributed by atoms with Crippen molar-refractivity contribution in [2.24, 2.45) is 5.92 Å². The Morgan fingerprint density at radius 2 is 1.88 bits per heavy atom. The van der Waals surface area contributed by atoms with Crippen LogP contribution >= 0.6 is 0 Å². The lowest BCUT2D eigenvalue weighted by molar-refractivity contribution is 0.404. The van der Waals surface area contributed by atoms with Crippen LogP contribution in [0.15, 0.2) is 18.3 Å². The summed E-state index contributed by atoms with van der Waals surface area (Å²) in [6, 6.07) is 3.87. The Labute approximate surface area is 104 Å². The van der Waals surface area contributed by atoms with Crippen molar-refractivity contribution in [2.45, 2.75) is 52.6 Å². The van der Waals surface area contributed by atoms with Crippen molar-refractivity contribution in [3.05, 3.63) is 29.8 Å². The van der Waals surface area contributed by atoms with Gasteiger partial charge in [-0.05, 0) is 30.9 Å². The second kappa shape index (κ2) is 6.70. The minimum atomic E-state index is -0.277. The van der Waals surface area contributed by atoms with Gasteiger partial charge in [0.2, 0.25) is 0 Å². The van der Waals surface area contributed by atoms with E-state index in [-0.39, 0.29) is 11.9 Å². The molecule has 2 nitrogen and oxygen atoms in total. The summed E-state index contributed by atoms with van der Waals surface area (Å²) in [6.45, 7) is 8.66. The zero-order valence-electron chi connectivity index (χ0n) is 11.2. The van der Waals surface area contributed by atoms with Crippen LogP contribution in [-0.4, -0.2) is 11.0 Å². The highest BCUT2D eigenvalue weighted by Crippen LogP contribution is 2.20. The Kier molecular flexibility index (Phi) is 5.56. The maximum Gasteiger partial charge on any atom is 0.141 e. The third kappa shape index (κ3) is 5.26. The molecule has 1 aromatic rings. The Morgan fingerprint density at radius 1 is 1.18 bits per heavy atom. The van der Waals surface area contributed by atoms with Gasteiger partial charge in [0.25, 0.3) is 0 Å². The molecule has 0 aliphatic carbocycles. The number of rotatable bonds is 6. The van der Waals surface area contributed by atoms with Gasteiger partial charge in [-0.25, -0.2) is 4.39 Å². The van der Waals surface area contributed by atoms with E-state index in [0.717, 1.165) is 18.5 Å². The first-order valence-electron chi connectivity index (χ1n) is 6.36. The third-order valence-corrected chi connectivity index (χ3v) is 2.67. The lowest BCUT2D eigenvalue weighted by Gasteiger charge is -2.21. The molecule has 1 N–H and O–H groups in total. The van der Waals surface area contributed by atoms with E-state index < -0.39 is 0 Å². The zero-order chi connectivity index (χ0) is 12.8. The first kappa shape index (κ1) is 14.1. The SMILES string of the molecule is CC(C)CCC(NC(C)C)c1ccc(F)cn1. The minimum absolute atomic E-state index is 0.220. The molecule has 1 unspecified atom stereocenters. The summed E-state index contributed by atoms with van der Waals surface area (Å²) in [5.41, 5.74) is 0.931. The fourth-order valence-corrected chi connectivity index (χ4v) is 1.81. The molecule has 1 heterocycles. The molecule has 0 aromatic carbocycles. The van der Waals surface area contributed by atoms with Crippen LogP contribution in [0.5, 0.6) is 0 Å². The van der Waals surface area contributed by atoms with Gasteiger partial charge >= 0.3 is 0 Å². The molecule has 3 heteroatoms. The highest BCUT2D eigenvalue weighted by molar-refractivity contribution is 5.10. The summed E-state index contributed by atoms with van der Waals surface area (Å²) in [4.78, 5) is 4.17. The molecule has 96 valence electrons. The van der Waals surface area contributed by atoms with Crippen molar-refractivity contribution in [3.8, 4) is 0 Å². The number of hydrogen-bond acceptors (Lipinski definition) is 2. The first-order valence-corrected chi connectivity index (χ1v) is 6.36.